The van der Waals surface area contributed by atoms with Gasteiger partial charge in [0, 0.05) is 4.88 Å². The van der Waals surface area contributed by atoms with E-state index in [1.807, 2.05) is 17.5 Å². The first kappa shape index (κ1) is 12.5. The van der Waals surface area contributed by atoms with Crippen LogP contribution in [0.25, 0.3) is 0 Å². The SMILES string of the molecule is Cc1nnc(N/N=C/c2cccs2)n1N.[Cl-]. The number of anilines is 1. The number of nitrogens with zero attached hydrogens (tertiary/aromatic N) is 4. The molecule has 3 N–H and O–H groups in total. The van der Waals surface area contributed by atoms with Crippen molar-refractivity contribution in [3.63, 3.8) is 0 Å². The highest BCUT2D eigenvalue weighted by Gasteiger charge is 2.02. The van der Waals surface area contributed by atoms with Crippen molar-refractivity contribution in [2.75, 3.05) is 11.3 Å². The number of nitrogens with two attached hydrogens (primary N) is 1. The molecule has 0 aliphatic heterocycles. The number of aryl methyl sites for hydroxylation is 1. The average Bonchev–Trinajstić information content (AvgIpc) is 2.83. The zero-order valence-electron chi connectivity index (χ0n) is 8.46. The van der Waals surface area contributed by atoms with Gasteiger partial charge in [0.2, 0.25) is 0 Å². The molecule has 16 heavy (non-hydrogen) atoms. The summed E-state index contributed by atoms with van der Waals surface area (Å²) in [5.74, 6) is 6.67. The molecule has 0 amide bonds. The van der Waals surface area contributed by atoms with Gasteiger partial charge in [0.25, 0.3) is 5.95 Å². The molecule has 0 aliphatic rings. The molecule has 0 saturated carbocycles. The number of rotatable bonds is 3. The molecule has 2 rings (SSSR count). The van der Waals surface area contributed by atoms with Crippen molar-refractivity contribution in [3.8, 4) is 0 Å². The van der Waals surface area contributed by atoms with Crippen molar-refractivity contribution >= 4 is 23.5 Å². The van der Waals surface area contributed by atoms with Crippen LogP contribution in [0.3, 0.4) is 0 Å². The van der Waals surface area contributed by atoms with Crippen LogP contribution in [0.15, 0.2) is 22.6 Å². The molecule has 2 aromatic rings. The number of nitrogen functional groups attached to an aromatic ring is 1. The van der Waals surface area contributed by atoms with Crippen LogP contribution in [-0.4, -0.2) is 21.1 Å². The van der Waals surface area contributed by atoms with Gasteiger partial charge in [-0.05, 0) is 18.4 Å². The van der Waals surface area contributed by atoms with Gasteiger partial charge < -0.3 is 18.2 Å². The zero-order chi connectivity index (χ0) is 10.7. The van der Waals surface area contributed by atoms with E-state index in [4.69, 9.17) is 5.84 Å². The Labute approximate surface area is 103 Å². The van der Waals surface area contributed by atoms with Gasteiger partial charge in [0.05, 0.1) is 6.21 Å². The maximum absolute atomic E-state index is 5.62. The van der Waals surface area contributed by atoms with Gasteiger partial charge in [-0.1, -0.05) is 6.07 Å². The number of nitrogens with one attached hydrogen (secondary N) is 1. The summed E-state index contributed by atoms with van der Waals surface area (Å²) in [6, 6.07) is 3.93. The van der Waals surface area contributed by atoms with Crippen molar-refractivity contribution in [1.82, 2.24) is 14.9 Å². The lowest BCUT2D eigenvalue weighted by Gasteiger charge is -1.98. The van der Waals surface area contributed by atoms with Gasteiger partial charge in [-0.25, -0.2) is 10.1 Å². The Morgan fingerprint density at radius 2 is 2.38 bits per heavy atom. The Balaban J connectivity index is 0.00000128. The predicted molar refractivity (Wildman–Crippen MR) is 60.4 cm³/mol. The van der Waals surface area contributed by atoms with Crippen molar-refractivity contribution in [2.45, 2.75) is 6.92 Å². The van der Waals surface area contributed by atoms with E-state index in [0.717, 1.165) is 4.88 Å². The highest BCUT2D eigenvalue weighted by molar-refractivity contribution is 7.11. The second kappa shape index (κ2) is 5.47. The molecule has 0 aromatic carbocycles. The summed E-state index contributed by atoms with van der Waals surface area (Å²) >= 11 is 1.60. The minimum atomic E-state index is 0. The molecule has 0 aliphatic carbocycles. The van der Waals surface area contributed by atoms with Gasteiger partial charge in [-0.15, -0.1) is 21.5 Å². The molecule has 2 heterocycles. The molecule has 0 spiro atoms. The molecule has 0 atom stereocenters. The normalized spacial score (nSPS) is 10.3. The van der Waals surface area contributed by atoms with E-state index in [9.17, 15) is 0 Å². The van der Waals surface area contributed by atoms with Crippen molar-refractivity contribution in [2.24, 2.45) is 5.10 Å². The summed E-state index contributed by atoms with van der Waals surface area (Å²) < 4.78 is 1.34. The Hall–Kier alpha value is -1.60. The lowest BCUT2D eigenvalue weighted by Crippen LogP contribution is -3.00. The maximum atomic E-state index is 5.62. The molecule has 0 bridgehead atoms. The van der Waals surface area contributed by atoms with Crippen molar-refractivity contribution < 1.29 is 12.4 Å². The third-order valence-corrected chi connectivity index (χ3v) is 2.57. The second-order valence-electron chi connectivity index (χ2n) is 2.83. The topological polar surface area (TPSA) is 81.1 Å². The van der Waals surface area contributed by atoms with Crippen molar-refractivity contribution in [3.05, 3.63) is 28.2 Å². The third kappa shape index (κ3) is 2.71. The minimum absolute atomic E-state index is 0. The first-order valence-corrected chi connectivity index (χ1v) is 5.15. The average molecular weight is 258 g/mol. The number of hydrazone groups is 1. The van der Waals surface area contributed by atoms with E-state index >= 15 is 0 Å². The number of hydrogen-bond acceptors (Lipinski definition) is 6. The van der Waals surface area contributed by atoms with Crippen LogP contribution in [0.1, 0.15) is 10.7 Å². The lowest BCUT2D eigenvalue weighted by molar-refractivity contribution is -0.00000320. The highest BCUT2D eigenvalue weighted by atomic mass is 35.5. The molecular weight excluding hydrogens is 248 g/mol. The third-order valence-electron chi connectivity index (χ3n) is 1.77. The van der Waals surface area contributed by atoms with E-state index in [0.29, 0.717) is 11.8 Å². The lowest BCUT2D eigenvalue weighted by atomic mass is 10.5. The summed E-state index contributed by atoms with van der Waals surface area (Å²) in [6.07, 6.45) is 1.70. The Bertz CT molecular complexity index is 463. The number of hydrogen-bond donors (Lipinski definition) is 2. The van der Waals surface area contributed by atoms with Gasteiger partial charge in [0.15, 0.2) is 5.82 Å². The van der Waals surface area contributed by atoms with E-state index in [1.165, 1.54) is 4.68 Å². The number of halogens is 1. The minimum Gasteiger partial charge on any atom is -1.00 e. The van der Waals surface area contributed by atoms with E-state index in [1.54, 1.807) is 24.5 Å². The molecular formula is C8H10ClN6S-. The first-order chi connectivity index (χ1) is 7.27. The summed E-state index contributed by atoms with van der Waals surface area (Å²) in [7, 11) is 0. The molecule has 0 fully saturated rings. The first-order valence-electron chi connectivity index (χ1n) is 4.27. The fourth-order valence-corrected chi connectivity index (χ4v) is 1.55. The van der Waals surface area contributed by atoms with Gasteiger partial charge in [-0.2, -0.15) is 5.10 Å². The molecule has 2 aromatic heterocycles. The van der Waals surface area contributed by atoms with Gasteiger partial charge in [0.1, 0.15) is 0 Å². The van der Waals surface area contributed by atoms with Crippen molar-refractivity contribution in [1.29, 1.82) is 0 Å². The molecule has 8 heteroatoms. The van der Waals surface area contributed by atoms with Crippen LogP contribution in [0.5, 0.6) is 0 Å². The fraction of sp³-hybridized carbons (Fsp3) is 0.125. The molecule has 0 saturated heterocycles. The standard InChI is InChI=1S/C8H10N6S.ClH/c1-6-11-13-8(14(6)9)12-10-5-7-3-2-4-15-7;/h2-5H,9H2,1H3,(H,12,13);1H/p-1/b10-5+;. The van der Waals surface area contributed by atoms with Crippen LogP contribution >= 0.6 is 11.3 Å². The monoisotopic (exact) mass is 257 g/mol. The largest absolute Gasteiger partial charge is 1.00 e. The Morgan fingerprint density at radius 1 is 1.56 bits per heavy atom. The molecule has 6 nitrogen and oxygen atoms in total. The molecule has 0 radical (unpaired) electrons. The van der Waals surface area contributed by atoms with E-state index < -0.39 is 0 Å². The van der Waals surface area contributed by atoms with Crippen LogP contribution in [0.4, 0.5) is 5.95 Å². The summed E-state index contributed by atoms with van der Waals surface area (Å²) in [5, 5.41) is 13.6. The quantitative estimate of drug-likeness (QED) is 0.372. The summed E-state index contributed by atoms with van der Waals surface area (Å²) in [4.78, 5) is 1.06. The second-order valence-corrected chi connectivity index (χ2v) is 3.81. The Morgan fingerprint density at radius 3 is 2.94 bits per heavy atom. The van der Waals surface area contributed by atoms with Crippen LogP contribution in [-0.2, 0) is 0 Å². The van der Waals surface area contributed by atoms with Crippen LogP contribution in [0, 0.1) is 6.92 Å². The summed E-state index contributed by atoms with van der Waals surface area (Å²) in [5.41, 5.74) is 2.71. The predicted octanol–water partition coefficient (Wildman–Crippen LogP) is -2.19. The zero-order valence-corrected chi connectivity index (χ0v) is 10.0. The number of thiophene rings is 1. The van der Waals surface area contributed by atoms with E-state index in [-0.39, 0.29) is 12.4 Å². The smallest absolute Gasteiger partial charge is 0.263 e. The van der Waals surface area contributed by atoms with Gasteiger partial charge in [-0.3, -0.25) is 0 Å². The fourth-order valence-electron chi connectivity index (χ4n) is 0.964. The molecule has 0 unspecified atom stereocenters. The van der Waals surface area contributed by atoms with Crippen LogP contribution in [0.2, 0.25) is 0 Å². The highest BCUT2D eigenvalue weighted by Crippen LogP contribution is 2.05. The van der Waals surface area contributed by atoms with Crippen LogP contribution < -0.4 is 23.7 Å². The Kier molecular flexibility index (Phi) is 4.27. The number of aromatic nitrogens is 3. The maximum Gasteiger partial charge on any atom is 0.263 e. The van der Waals surface area contributed by atoms with Gasteiger partial charge >= 0.3 is 0 Å². The summed E-state index contributed by atoms with van der Waals surface area (Å²) in [6.45, 7) is 1.77. The van der Waals surface area contributed by atoms with E-state index in [2.05, 4.69) is 20.7 Å². The molecule has 86 valence electrons.